The van der Waals surface area contributed by atoms with Crippen molar-refractivity contribution >= 4 is 5.90 Å². The number of H-pyrrole nitrogens is 1. The molecule has 0 amide bonds. The molecule has 0 spiro atoms. The Labute approximate surface area is 215 Å². The van der Waals surface area contributed by atoms with Gasteiger partial charge in [0.1, 0.15) is 46.7 Å². The highest BCUT2D eigenvalue weighted by Gasteiger charge is 2.27. The number of hydrogen-bond acceptors (Lipinski definition) is 7. The van der Waals surface area contributed by atoms with E-state index in [2.05, 4.69) is 16.6 Å². The molecular formula is C28H31FN2O6. The molecule has 2 N–H and O–H groups in total. The molecule has 0 saturated carbocycles. The molecule has 0 aliphatic carbocycles. The number of pyridine rings is 1. The van der Waals surface area contributed by atoms with Gasteiger partial charge in [-0.3, -0.25) is 9.79 Å². The van der Waals surface area contributed by atoms with Crippen LogP contribution in [0.2, 0.25) is 0 Å². The number of ether oxygens (including phenoxy) is 4. The molecule has 196 valence electrons. The number of halogens is 1. The Hall–Kier alpha value is -4.27. The number of hydrogen-bond donors (Lipinski definition) is 2. The topological polar surface area (TPSA) is 102 Å². The minimum Gasteiger partial charge on any atom is -0.506 e. The number of aryl methyl sites for hydroxylation is 1. The first-order valence-corrected chi connectivity index (χ1v) is 11.7. The van der Waals surface area contributed by atoms with Crippen molar-refractivity contribution in [3.8, 4) is 34.1 Å². The first-order chi connectivity index (χ1) is 17.8. The number of methoxy groups -OCH3 is 2. The summed E-state index contributed by atoms with van der Waals surface area (Å²) >= 11 is 0. The number of rotatable bonds is 11. The average Bonchev–Trinajstić information content (AvgIpc) is 2.90. The Bertz CT molecular complexity index is 1310. The normalized spacial score (nSPS) is 11.2. The number of unbranched alkanes of at least 4 members (excludes halogenated alkanes) is 1. The Kier molecular flexibility index (Phi) is 9.32. The van der Waals surface area contributed by atoms with Gasteiger partial charge in [-0.2, -0.15) is 0 Å². The summed E-state index contributed by atoms with van der Waals surface area (Å²) in [6.45, 7) is 5.76. The highest BCUT2D eigenvalue weighted by atomic mass is 19.1. The zero-order valence-electron chi connectivity index (χ0n) is 21.4. The van der Waals surface area contributed by atoms with Crippen LogP contribution in [0, 0.1) is 5.82 Å². The van der Waals surface area contributed by atoms with Gasteiger partial charge in [0, 0.05) is 12.7 Å². The summed E-state index contributed by atoms with van der Waals surface area (Å²) in [6.07, 6.45) is 2.17. The first kappa shape index (κ1) is 27.3. The van der Waals surface area contributed by atoms with E-state index in [1.807, 2.05) is 6.92 Å². The van der Waals surface area contributed by atoms with Gasteiger partial charge in [-0.1, -0.05) is 26.0 Å². The Morgan fingerprint density at radius 1 is 1.08 bits per heavy atom. The largest absolute Gasteiger partial charge is 0.506 e. The lowest BCUT2D eigenvalue weighted by atomic mass is 9.95. The third-order valence-corrected chi connectivity index (χ3v) is 5.60. The Balaban J connectivity index is 2.04. The van der Waals surface area contributed by atoms with Gasteiger partial charge in [0.25, 0.3) is 5.56 Å². The lowest BCUT2D eigenvalue weighted by Crippen LogP contribution is -2.23. The monoisotopic (exact) mass is 510 g/mol. The van der Waals surface area contributed by atoms with E-state index in [0.29, 0.717) is 40.5 Å². The number of aromatic nitrogens is 1. The number of aromatic hydroxyl groups is 1. The smallest absolute Gasteiger partial charge is 0.264 e. The zero-order valence-corrected chi connectivity index (χ0v) is 21.4. The molecule has 37 heavy (non-hydrogen) atoms. The second-order valence-corrected chi connectivity index (χ2v) is 8.08. The fourth-order valence-corrected chi connectivity index (χ4v) is 3.81. The van der Waals surface area contributed by atoms with Crippen LogP contribution < -0.4 is 19.8 Å². The average molecular weight is 511 g/mol. The number of benzene rings is 2. The molecule has 0 unspecified atom stereocenters. The second kappa shape index (κ2) is 12.6. The van der Waals surface area contributed by atoms with Crippen LogP contribution >= 0.6 is 0 Å². The van der Waals surface area contributed by atoms with Crippen LogP contribution in [0.4, 0.5) is 4.39 Å². The van der Waals surface area contributed by atoms with Crippen molar-refractivity contribution in [2.45, 2.75) is 26.2 Å². The molecule has 0 saturated heterocycles. The van der Waals surface area contributed by atoms with E-state index in [0.717, 1.165) is 12.8 Å². The van der Waals surface area contributed by atoms with E-state index in [1.54, 1.807) is 18.2 Å². The van der Waals surface area contributed by atoms with Crippen LogP contribution in [-0.4, -0.2) is 43.9 Å². The molecule has 8 nitrogen and oxygen atoms in total. The highest BCUT2D eigenvalue weighted by molar-refractivity contribution is 6.00. The molecule has 0 radical (unpaired) electrons. The predicted octanol–water partition coefficient (Wildman–Crippen LogP) is 5.23. The summed E-state index contributed by atoms with van der Waals surface area (Å²) in [4.78, 5) is 20.1. The van der Waals surface area contributed by atoms with Crippen LogP contribution in [-0.2, 0) is 11.2 Å². The van der Waals surface area contributed by atoms with Gasteiger partial charge in [-0.25, -0.2) is 4.39 Å². The molecule has 0 fully saturated rings. The van der Waals surface area contributed by atoms with Gasteiger partial charge in [0.2, 0.25) is 5.90 Å². The minimum atomic E-state index is -0.575. The number of aromatic amines is 1. The summed E-state index contributed by atoms with van der Waals surface area (Å²) in [5, 5.41) is 11.5. The summed E-state index contributed by atoms with van der Waals surface area (Å²) in [6, 6.07) is 10.7. The van der Waals surface area contributed by atoms with Crippen molar-refractivity contribution in [1.29, 1.82) is 0 Å². The predicted molar refractivity (Wildman–Crippen MR) is 140 cm³/mol. The summed E-state index contributed by atoms with van der Waals surface area (Å²) in [7, 11) is 4.46. The van der Waals surface area contributed by atoms with Gasteiger partial charge >= 0.3 is 0 Å². The van der Waals surface area contributed by atoms with E-state index in [-0.39, 0.29) is 35.4 Å². The molecule has 0 bridgehead atoms. The van der Waals surface area contributed by atoms with E-state index in [4.69, 9.17) is 18.9 Å². The van der Waals surface area contributed by atoms with Gasteiger partial charge < -0.3 is 29.0 Å². The third kappa shape index (κ3) is 6.30. The second-order valence-electron chi connectivity index (χ2n) is 8.08. The van der Waals surface area contributed by atoms with Gasteiger partial charge in [-0.15, -0.1) is 0 Å². The van der Waals surface area contributed by atoms with Crippen LogP contribution in [0.1, 0.15) is 31.0 Å². The van der Waals surface area contributed by atoms with Crippen molar-refractivity contribution < 1.29 is 28.4 Å². The van der Waals surface area contributed by atoms with Crippen LogP contribution in [0.5, 0.6) is 23.0 Å². The quantitative estimate of drug-likeness (QED) is 0.208. The molecule has 0 aliphatic rings. The Morgan fingerprint density at radius 3 is 2.30 bits per heavy atom. The molecule has 2 aromatic carbocycles. The fraction of sp³-hybridized carbons (Fsp3) is 0.286. The van der Waals surface area contributed by atoms with Crippen molar-refractivity contribution in [3.05, 3.63) is 82.2 Å². The number of nitrogens with one attached hydrogen (secondary N) is 1. The van der Waals surface area contributed by atoms with E-state index < -0.39 is 5.56 Å². The first-order valence-electron chi connectivity index (χ1n) is 11.7. The molecule has 9 heteroatoms. The maximum Gasteiger partial charge on any atom is 0.264 e. The van der Waals surface area contributed by atoms with Crippen molar-refractivity contribution in [3.63, 3.8) is 0 Å². The zero-order chi connectivity index (χ0) is 26.9. The maximum absolute atomic E-state index is 13.2. The summed E-state index contributed by atoms with van der Waals surface area (Å²) in [5.74, 6) is 0.580. The van der Waals surface area contributed by atoms with Crippen molar-refractivity contribution in [1.82, 2.24) is 4.98 Å². The van der Waals surface area contributed by atoms with E-state index in [9.17, 15) is 14.3 Å². The molecule has 1 heterocycles. The summed E-state index contributed by atoms with van der Waals surface area (Å²) in [5.41, 5.74) is 0.630. The summed E-state index contributed by atoms with van der Waals surface area (Å²) < 4.78 is 35.5. The molecule has 3 aromatic rings. The maximum atomic E-state index is 13.2. The van der Waals surface area contributed by atoms with Crippen LogP contribution in [0.3, 0.4) is 0 Å². The number of nitrogens with zero attached hydrogens (tertiary/aromatic N) is 1. The lowest BCUT2D eigenvalue weighted by molar-refractivity contribution is 0.276. The molecular weight excluding hydrogens is 479 g/mol. The molecule has 0 aliphatic heterocycles. The van der Waals surface area contributed by atoms with Crippen molar-refractivity contribution in [2.75, 3.05) is 27.9 Å². The minimum absolute atomic E-state index is 0.0922. The van der Waals surface area contributed by atoms with E-state index >= 15 is 0 Å². The highest BCUT2D eigenvalue weighted by Crippen LogP contribution is 2.44. The Morgan fingerprint density at radius 2 is 1.73 bits per heavy atom. The third-order valence-electron chi connectivity index (χ3n) is 5.60. The fourth-order valence-electron chi connectivity index (χ4n) is 3.81. The van der Waals surface area contributed by atoms with Crippen molar-refractivity contribution in [2.24, 2.45) is 4.99 Å². The van der Waals surface area contributed by atoms with Crippen LogP contribution in [0.15, 0.2) is 64.6 Å². The van der Waals surface area contributed by atoms with Crippen LogP contribution in [0.25, 0.3) is 11.1 Å². The standard InChI is InChI=1S/C28H31FN2O6/c1-6-7-9-20-23(24-21(34-4)10-8-11-22(24)35-5)26(32)25(27(33)31-20)28(30-3)37-17(2)16-36-19-14-12-18(29)13-15-19/h8,10-15H,2,6-7,9,16H2,1,3-5H3,(H2,31,32,33). The SMILES string of the molecule is C=C(COc1ccc(F)cc1)OC(=NC)c1c(O)c(-c2c(OC)cccc2OC)c(CCCC)[nH]c1=O. The molecule has 3 rings (SSSR count). The molecule has 0 atom stereocenters. The number of aliphatic imine (C=N–C) groups is 1. The van der Waals surface area contributed by atoms with Gasteiger partial charge in [0.05, 0.1) is 25.3 Å². The van der Waals surface area contributed by atoms with Gasteiger partial charge in [0.15, 0.2) is 0 Å². The van der Waals surface area contributed by atoms with E-state index in [1.165, 1.54) is 45.5 Å². The van der Waals surface area contributed by atoms with Gasteiger partial charge in [-0.05, 0) is 49.2 Å². The lowest BCUT2D eigenvalue weighted by Gasteiger charge is -2.20. The molecule has 1 aromatic heterocycles.